The van der Waals surface area contributed by atoms with E-state index in [1.54, 1.807) is 19.9 Å². The van der Waals surface area contributed by atoms with E-state index in [9.17, 15) is 16.8 Å². The number of guanidine groups is 1. The topological polar surface area (TPSA) is 117 Å². The smallest absolute Gasteiger partial charge is 0.216 e. The Kier molecular flexibility index (Phi) is 10.1. The molecule has 29 heavy (non-hydrogen) atoms. The fraction of sp³-hybridized carbons (Fsp3) is 0.632. The lowest BCUT2D eigenvalue weighted by atomic mass is 10.1. The lowest BCUT2D eigenvalue weighted by Crippen LogP contribution is -2.42. The summed E-state index contributed by atoms with van der Waals surface area (Å²) in [7, 11) is -6.45. The molecule has 0 saturated carbocycles. The van der Waals surface area contributed by atoms with E-state index in [2.05, 4.69) is 20.3 Å². The van der Waals surface area contributed by atoms with Crippen molar-refractivity contribution < 1.29 is 16.8 Å². The van der Waals surface area contributed by atoms with Gasteiger partial charge in [0, 0.05) is 24.9 Å². The Morgan fingerprint density at radius 1 is 1.07 bits per heavy atom. The van der Waals surface area contributed by atoms with Gasteiger partial charge in [0.05, 0.1) is 18.1 Å². The number of sulfone groups is 1. The van der Waals surface area contributed by atoms with Gasteiger partial charge in [-0.15, -0.1) is 0 Å². The van der Waals surface area contributed by atoms with Gasteiger partial charge in [0.25, 0.3) is 0 Å². The van der Waals surface area contributed by atoms with Crippen molar-refractivity contribution in [2.24, 2.45) is 4.99 Å². The van der Waals surface area contributed by atoms with Crippen LogP contribution in [0.3, 0.4) is 0 Å². The molecule has 0 bridgehead atoms. The first kappa shape index (κ1) is 25.4. The summed E-state index contributed by atoms with van der Waals surface area (Å²) < 4.78 is 49.9. The second kappa shape index (κ2) is 11.5. The van der Waals surface area contributed by atoms with Crippen LogP contribution in [0.1, 0.15) is 45.2 Å². The average Bonchev–Trinajstić information content (AvgIpc) is 2.57. The van der Waals surface area contributed by atoms with E-state index in [4.69, 9.17) is 0 Å². The number of hydrogen-bond donors (Lipinski definition) is 3. The zero-order chi connectivity index (χ0) is 22.1. The molecule has 0 amide bonds. The second-order valence-electron chi connectivity index (χ2n) is 7.46. The molecule has 10 heteroatoms. The van der Waals surface area contributed by atoms with E-state index in [-0.39, 0.29) is 23.6 Å². The van der Waals surface area contributed by atoms with Gasteiger partial charge in [0.1, 0.15) is 9.84 Å². The second-order valence-corrected chi connectivity index (χ2v) is 11.5. The molecular weight excluding hydrogens is 412 g/mol. The number of nitrogens with one attached hydrogen (secondary N) is 3. The van der Waals surface area contributed by atoms with Crippen LogP contribution in [0.25, 0.3) is 0 Å². The number of aliphatic imine (C=N–C) groups is 1. The molecule has 1 aromatic rings. The van der Waals surface area contributed by atoms with Gasteiger partial charge in [-0.2, -0.15) is 0 Å². The number of sulfonamides is 1. The molecule has 1 unspecified atom stereocenters. The van der Waals surface area contributed by atoms with Gasteiger partial charge in [-0.1, -0.05) is 24.3 Å². The van der Waals surface area contributed by atoms with E-state index in [1.165, 1.54) is 6.26 Å². The highest BCUT2D eigenvalue weighted by Gasteiger charge is 2.15. The van der Waals surface area contributed by atoms with Crippen LogP contribution in [0.5, 0.6) is 0 Å². The van der Waals surface area contributed by atoms with Gasteiger partial charge >= 0.3 is 0 Å². The van der Waals surface area contributed by atoms with Crippen molar-refractivity contribution in [3.8, 4) is 0 Å². The molecule has 8 nitrogen and oxygen atoms in total. The quantitative estimate of drug-likeness (QED) is 0.349. The molecule has 0 radical (unpaired) electrons. The summed E-state index contributed by atoms with van der Waals surface area (Å²) in [4.78, 5) is 4.55. The predicted octanol–water partition coefficient (Wildman–Crippen LogP) is 1.39. The van der Waals surface area contributed by atoms with Gasteiger partial charge in [0.15, 0.2) is 5.96 Å². The van der Waals surface area contributed by atoms with Crippen LogP contribution in [-0.2, 0) is 32.2 Å². The Morgan fingerprint density at radius 2 is 1.69 bits per heavy atom. The first-order valence-corrected chi connectivity index (χ1v) is 13.4. The highest BCUT2D eigenvalue weighted by atomic mass is 32.2. The van der Waals surface area contributed by atoms with Gasteiger partial charge in [-0.3, -0.25) is 0 Å². The van der Waals surface area contributed by atoms with Crippen LogP contribution in [-0.4, -0.2) is 53.4 Å². The molecule has 3 N–H and O–H groups in total. The Hall–Kier alpha value is -1.65. The van der Waals surface area contributed by atoms with Gasteiger partial charge in [0.2, 0.25) is 10.0 Å². The molecule has 0 aliphatic rings. The maximum atomic E-state index is 12.3. The normalized spacial score (nSPS) is 14.1. The summed E-state index contributed by atoms with van der Waals surface area (Å²) in [5.41, 5.74) is 1.52. The molecular formula is C19H34N4O4S2. The van der Waals surface area contributed by atoms with Crippen LogP contribution in [0.15, 0.2) is 29.3 Å². The van der Waals surface area contributed by atoms with Crippen molar-refractivity contribution in [3.05, 3.63) is 35.4 Å². The summed E-state index contributed by atoms with van der Waals surface area (Å²) in [6.07, 6.45) is 1.69. The van der Waals surface area contributed by atoms with E-state index in [0.29, 0.717) is 31.0 Å². The SMILES string of the molecule is CCNC(=NCc1ccccc1CS(=O)(=O)NC(C)C)NC(C)CCS(C)(=O)=O. The number of rotatable bonds is 11. The molecule has 166 valence electrons. The summed E-state index contributed by atoms with van der Waals surface area (Å²) in [5.74, 6) is 0.557. The highest BCUT2D eigenvalue weighted by molar-refractivity contribution is 7.90. The van der Waals surface area contributed by atoms with Crippen LogP contribution < -0.4 is 15.4 Å². The minimum Gasteiger partial charge on any atom is -0.357 e. The zero-order valence-corrected chi connectivity index (χ0v) is 19.5. The third-order valence-corrected chi connectivity index (χ3v) is 6.43. The molecule has 0 aromatic heterocycles. The molecule has 0 fully saturated rings. The van der Waals surface area contributed by atoms with Crippen molar-refractivity contribution in [1.29, 1.82) is 0 Å². The Balaban J connectivity index is 2.89. The van der Waals surface area contributed by atoms with E-state index in [0.717, 1.165) is 5.56 Å². The third-order valence-electron chi connectivity index (χ3n) is 3.94. The van der Waals surface area contributed by atoms with Crippen molar-refractivity contribution >= 4 is 25.8 Å². The lowest BCUT2D eigenvalue weighted by Gasteiger charge is -2.18. The monoisotopic (exact) mass is 446 g/mol. The van der Waals surface area contributed by atoms with Crippen molar-refractivity contribution in [2.45, 2.75) is 58.5 Å². The molecule has 0 aliphatic heterocycles. The number of nitrogens with zero attached hydrogens (tertiary/aromatic N) is 1. The first-order chi connectivity index (χ1) is 13.4. The summed E-state index contributed by atoms with van der Waals surface area (Å²) in [5, 5.41) is 6.33. The van der Waals surface area contributed by atoms with Crippen molar-refractivity contribution in [1.82, 2.24) is 15.4 Å². The summed E-state index contributed by atoms with van der Waals surface area (Å²) in [6, 6.07) is 7.08. The zero-order valence-electron chi connectivity index (χ0n) is 17.9. The van der Waals surface area contributed by atoms with Crippen molar-refractivity contribution in [2.75, 3.05) is 18.6 Å². The molecule has 1 aromatic carbocycles. The molecule has 0 saturated heterocycles. The molecule has 0 heterocycles. The lowest BCUT2D eigenvalue weighted by molar-refractivity contribution is 0.568. The van der Waals surface area contributed by atoms with Crippen LogP contribution in [0.4, 0.5) is 0 Å². The maximum absolute atomic E-state index is 12.3. The largest absolute Gasteiger partial charge is 0.357 e. The first-order valence-electron chi connectivity index (χ1n) is 9.71. The minimum atomic E-state index is -3.43. The Morgan fingerprint density at radius 3 is 2.24 bits per heavy atom. The maximum Gasteiger partial charge on any atom is 0.216 e. The standard InChI is InChI=1S/C19H34N4O4S2/c1-6-20-19(22-16(4)11-12-28(5,24)25)21-13-17-9-7-8-10-18(17)14-29(26,27)23-15(2)3/h7-10,15-16,23H,6,11-14H2,1-5H3,(H2,20,21,22). The fourth-order valence-corrected chi connectivity index (χ4v) is 4.91. The number of hydrogen-bond acceptors (Lipinski definition) is 5. The minimum absolute atomic E-state index is 0.0756. The van der Waals surface area contributed by atoms with E-state index >= 15 is 0 Å². The van der Waals surface area contributed by atoms with Gasteiger partial charge in [-0.25, -0.2) is 26.6 Å². The summed E-state index contributed by atoms with van der Waals surface area (Å²) in [6.45, 7) is 8.37. The van der Waals surface area contributed by atoms with Gasteiger partial charge < -0.3 is 10.6 Å². The fourth-order valence-electron chi connectivity index (χ4n) is 2.64. The van der Waals surface area contributed by atoms with E-state index < -0.39 is 19.9 Å². The Labute approximate surface area is 175 Å². The molecule has 1 atom stereocenters. The molecule has 1 rings (SSSR count). The van der Waals surface area contributed by atoms with Gasteiger partial charge in [-0.05, 0) is 45.2 Å². The Bertz CT molecular complexity index is 881. The van der Waals surface area contributed by atoms with Crippen LogP contribution in [0, 0.1) is 0 Å². The summed E-state index contributed by atoms with van der Waals surface area (Å²) >= 11 is 0. The number of benzene rings is 1. The third kappa shape index (κ3) is 11.2. The van der Waals surface area contributed by atoms with E-state index in [1.807, 2.05) is 32.0 Å². The van der Waals surface area contributed by atoms with Crippen LogP contribution in [0.2, 0.25) is 0 Å². The predicted molar refractivity (Wildman–Crippen MR) is 119 cm³/mol. The average molecular weight is 447 g/mol. The molecule has 0 spiro atoms. The van der Waals surface area contributed by atoms with Crippen molar-refractivity contribution in [3.63, 3.8) is 0 Å². The highest BCUT2D eigenvalue weighted by Crippen LogP contribution is 2.14. The van der Waals surface area contributed by atoms with Crippen LogP contribution >= 0.6 is 0 Å². The molecule has 0 aliphatic carbocycles.